The summed E-state index contributed by atoms with van der Waals surface area (Å²) in [6.45, 7) is 0. The van der Waals surface area contributed by atoms with Crippen molar-refractivity contribution in [1.29, 1.82) is 0 Å². The first-order chi connectivity index (χ1) is 8.61. The summed E-state index contributed by atoms with van der Waals surface area (Å²) >= 11 is 0. The second-order valence-electron chi connectivity index (χ2n) is 4.00. The minimum atomic E-state index is -0.486. The number of nitrogens with two attached hydrogens (primary N) is 2. The Balaban J connectivity index is 2.54. The average Bonchev–Trinajstić information content (AvgIpc) is 2.38. The number of amides is 1. The van der Waals surface area contributed by atoms with Crippen molar-refractivity contribution in [3.8, 4) is 0 Å². The summed E-state index contributed by atoms with van der Waals surface area (Å²) in [6.07, 6.45) is 0. The molecule has 0 spiro atoms. The number of hydrogen-bond acceptors (Lipinski definition) is 3. The van der Waals surface area contributed by atoms with E-state index in [-0.39, 0.29) is 0 Å². The zero-order valence-corrected chi connectivity index (χ0v) is 10.1. The van der Waals surface area contributed by atoms with Crippen molar-refractivity contribution < 1.29 is 4.79 Å². The van der Waals surface area contributed by atoms with Gasteiger partial charge in [0.25, 0.3) is 5.91 Å². The lowest BCUT2D eigenvalue weighted by Crippen LogP contribution is -2.19. The number of hydrogen-bond donors (Lipinski definition) is 2. The third-order valence-corrected chi connectivity index (χ3v) is 2.81. The van der Waals surface area contributed by atoms with Gasteiger partial charge < -0.3 is 16.4 Å². The van der Waals surface area contributed by atoms with Crippen molar-refractivity contribution in [3.63, 3.8) is 0 Å². The Hall–Kier alpha value is -2.49. The first-order valence-corrected chi connectivity index (χ1v) is 5.58. The molecule has 4 nitrogen and oxygen atoms in total. The van der Waals surface area contributed by atoms with Gasteiger partial charge in [0.1, 0.15) is 0 Å². The highest BCUT2D eigenvalue weighted by molar-refractivity contribution is 6.02. The van der Waals surface area contributed by atoms with Crippen LogP contribution in [-0.2, 0) is 0 Å². The fraction of sp³-hybridized carbons (Fsp3) is 0.0714. The lowest BCUT2D eigenvalue weighted by atomic mass is 10.1. The second kappa shape index (κ2) is 4.79. The Kier molecular flexibility index (Phi) is 3.19. The van der Waals surface area contributed by atoms with Crippen LogP contribution >= 0.6 is 0 Å². The van der Waals surface area contributed by atoms with Crippen LogP contribution in [0.4, 0.5) is 17.1 Å². The fourth-order valence-corrected chi connectivity index (χ4v) is 1.92. The normalized spacial score (nSPS) is 10.1. The molecule has 1 amide bonds. The third-order valence-electron chi connectivity index (χ3n) is 2.81. The number of para-hydroxylation sites is 2. The van der Waals surface area contributed by atoms with E-state index in [1.807, 2.05) is 42.3 Å². The molecule has 0 aliphatic heterocycles. The minimum Gasteiger partial charge on any atom is -0.397 e. The van der Waals surface area contributed by atoms with E-state index in [2.05, 4.69) is 0 Å². The van der Waals surface area contributed by atoms with Gasteiger partial charge in [0.15, 0.2) is 0 Å². The van der Waals surface area contributed by atoms with E-state index in [9.17, 15) is 4.79 Å². The van der Waals surface area contributed by atoms with Gasteiger partial charge in [-0.2, -0.15) is 0 Å². The van der Waals surface area contributed by atoms with Crippen LogP contribution in [0.1, 0.15) is 10.4 Å². The van der Waals surface area contributed by atoms with E-state index in [0.29, 0.717) is 16.9 Å². The van der Waals surface area contributed by atoms with Crippen LogP contribution in [0, 0.1) is 0 Å². The van der Waals surface area contributed by atoms with Crippen LogP contribution in [-0.4, -0.2) is 13.0 Å². The van der Waals surface area contributed by atoms with Crippen LogP contribution in [0.5, 0.6) is 0 Å². The molecule has 92 valence electrons. The van der Waals surface area contributed by atoms with Crippen LogP contribution in [0.15, 0.2) is 48.5 Å². The Labute approximate surface area is 106 Å². The lowest BCUT2D eigenvalue weighted by Gasteiger charge is -2.23. The molecular weight excluding hydrogens is 226 g/mol. The highest BCUT2D eigenvalue weighted by Gasteiger charge is 2.15. The van der Waals surface area contributed by atoms with Gasteiger partial charge in [0.2, 0.25) is 0 Å². The van der Waals surface area contributed by atoms with Gasteiger partial charge in [-0.25, -0.2) is 0 Å². The smallest absolute Gasteiger partial charge is 0.250 e. The number of carbonyl (C=O) groups excluding carboxylic acids is 1. The summed E-state index contributed by atoms with van der Waals surface area (Å²) in [5.41, 5.74) is 13.8. The Bertz CT molecular complexity index is 567. The molecule has 4 N–H and O–H groups in total. The molecule has 0 saturated carbocycles. The molecule has 0 atom stereocenters. The van der Waals surface area contributed by atoms with Crippen LogP contribution in [0.25, 0.3) is 0 Å². The largest absolute Gasteiger partial charge is 0.397 e. The fourth-order valence-electron chi connectivity index (χ4n) is 1.92. The maximum atomic E-state index is 11.4. The predicted octanol–water partition coefficient (Wildman–Crippen LogP) is 2.14. The summed E-state index contributed by atoms with van der Waals surface area (Å²) in [4.78, 5) is 13.3. The number of benzene rings is 2. The van der Waals surface area contributed by atoms with Gasteiger partial charge in [0.05, 0.1) is 16.9 Å². The first-order valence-electron chi connectivity index (χ1n) is 5.58. The molecule has 0 fully saturated rings. The summed E-state index contributed by atoms with van der Waals surface area (Å²) in [7, 11) is 1.85. The van der Waals surface area contributed by atoms with E-state index in [1.54, 1.807) is 18.2 Å². The maximum absolute atomic E-state index is 11.4. The van der Waals surface area contributed by atoms with Crippen molar-refractivity contribution in [2.45, 2.75) is 0 Å². The van der Waals surface area contributed by atoms with Gasteiger partial charge in [0, 0.05) is 12.7 Å². The van der Waals surface area contributed by atoms with Gasteiger partial charge in [-0.15, -0.1) is 0 Å². The molecule has 0 aromatic heterocycles. The number of nitrogens with zero attached hydrogens (tertiary/aromatic N) is 1. The van der Waals surface area contributed by atoms with Gasteiger partial charge >= 0.3 is 0 Å². The quantitative estimate of drug-likeness (QED) is 0.808. The molecule has 0 bridgehead atoms. The third kappa shape index (κ3) is 2.13. The van der Waals surface area contributed by atoms with Gasteiger partial charge in [-0.1, -0.05) is 24.3 Å². The number of carbonyl (C=O) groups is 1. The summed E-state index contributed by atoms with van der Waals surface area (Å²) in [5.74, 6) is -0.486. The topological polar surface area (TPSA) is 72.3 Å². The molecular formula is C14H15N3O. The predicted molar refractivity (Wildman–Crippen MR) is 73.9 cm³/mol. The van der Waals surface area contributed by atoms with E-state index in [0.717, 1.165) is 5.69 Å². The molecule has 0 unspecified atom stereocenters. The number of nitrogen functional groups attached to an aromatic ring is 1. The lowest BCUT2D eigenvalue weighted by molar-refractivity contribution is 0.100. The SMILES string of the molecule is CN(c1ccccc1)c1c(N)cccc1C(N)=O. The molecule has 0 heterocycles. The highest BCUT2D eigenvalue weighted by atomic mass is 16.1. The highest BCUT2D eigenvalue weighted by Crippen LogP contribution is 2.32. The van der Waals surface area contributed by atoms with Crippen LogP contribution in [0.3, 0.4) is 0 Å². The van der Waals surface area contributed by atoms with Gasteiger partial charge in [-0.05, 0) is 24.3 Å². The molecule has 4 heteroatoms. The van der Waals surface area contributed by atoms with Crippen molar-refractivity contribution in [1.82, 2.24) is 0 Å². The Morgan fingerprint density at radius 1 is 1.06 bits per heavy atom. The van der Waals surface area contributed by atoms with Crippen LogP contribution in [0.2, 0.25) is 0 Å². The first kappa shape index (κ1) is 12.0. The number of rotatable bonds is 3. The summed E-state index contributed by atoms with van der Waals surface area (Å²) in [6, 6.07) is 14.8. The minimum absolute atomic E-state index is 0.418. The number of anilines is 3. The van der Waals surface area contributed by atoms with Crippen molar-refractivity contribution >= 4 is 23.0 Å². The van der Waals surface area contributed by atoms with Crippen molar-refractivity contribution in [2.24, 2.45) is 5.73 Å². The molecule has 2 rings (SSSR count). The summed E-state index contributed by atoms with van der Waals surface area (Å²) < 4.78 is 0. The zero-order valence-electron chi connectivity index (χ0n) is 10.1. The molecule has 0 aliphatic rings. The molecule has 2 aromatic carbocycles. The van der Waals surface area contributed by atoms with E-state index in [4.69, 9.17) is 11.5 Å². The maximum Gasteiger partial charge on any atom is 0.250 e. The van der Waals surface area contributed by atoms with Crippen LogP contribution < -0.4 is 16.4 Å². The molecule has 0 aliphatic carbocycles. The molecule has 0 saturated heterocycles. The molecule has 2 aromatic rings. The Morgan fingerprint density at radius 3 is 2.33 bits per heavy atom. The zero-order chi connectivity index (χ0) is 13.1. The van der Waals surface area contributed by atoms with Crippen molar-refractivity contribution in [3.05, 3.63) is 54.1 Å². The van der Waals surface area contributed by atoms with Gasteiger partial charge in [-0.3, -0.25) is 4.79 Å². The second-order valence-corrected chi connectivity index (χ2v) is 4.00. The van der Waals surface area contributed by atoms with E-state index in [1.165, 1.54) is 0 Å². The average molecular weight is 241 g/mol. The van der Waals surface area contributed by atoms with Crippen molar-refractivity contribution in [2.75, 3.05) is 17.7 Å². The molecule has 0 radical (unpaired) electrons. The monoisotopic (exact) mass is 241 g/mol. The molecule has 18 heavy (non-hydrogen) atoms. The van der Waals surface area contributed by atoms with E-state index >= 15 is 0 Å². The Morgan fingerprint density at radius 2 is 1.72 bits per heavy atom. The standard InChI is InChI=1S/C14H15N3O/c1-17(10-6-3-2-4-7-10)13-11(14(16)18)8-5-9-12(13)15/h2-9H,15H2,1H3,(H2,16,18). The summed E-state index contributed by atoms with van der Waals surface area (Å²) in [5, 5.41) is 0. The number of primary amides is 1. The van der Waals surface area contributed by atoms with E-state index < -0.39 is 5.91 Å².